The smallest absolute Gasteiger partial charge is 0.461 e. The van der Waals surface area contributed by atoms with Crippen LogP contribution in [0.3, 0.4) is 0 Å². The number of nitrogens with zero attached hydrogens (tertiary/aromatic N) is 4. The fourth-order valence-electron chi connectivity index (χ4n) is 19.8. The van der Waals surface area contributed by atoms with E-state index in [-0.39, 0.29) is 117 Å². The van der Waals surface area contributed by atoms with Crippen LogP contribution in [0.4, 0.5) is 17.3 Å². The van der Waals surface area contributed by atoms with Crippen LogP contribution in [0.25, 0.3) is 54.2 Å². The molecule has 0 spiro atoms. The van der Waals surface area contributed by atoms with Gasteiger partial charge < -0.3 is 54.1 Å². The number of esters is 4. The van der Waals surface area contributed by atoms with E-state index in [2.05, 4.69) is 215 Å². The van der Waals surface area contributed by atoms with Crippen LogP contribution >= 0.6 is 0 Å². The predicted octanol–water partition coefficient (Wildman–Crippen LogP) is 20.4. The lowest BCUT2D eigenvalue weighted by Crippen LogP contribution is -2.76. The second-order valence-electron chi connectivity index (χ2n) is 41.8. The third kappa shape index (κ3) is 11.5. The molecule has 8 aromatic rings. The lowest BCUT2D eigenvalue weighted by Gasteiger charge is -2.39. The number of carbonyl (C=O) groups is 4. The molecule has 0 N–H and O–H groups in total. The lowest BCUT2D eigenvalue weighted by atomic mass is 9.63. The molecule has 17 rings (SSSR count). The SMILES string of the molecule is CCOC(=O)c1c2c(c3n1[B-](F)(F)[n+]1c(C(=O)OCC)c4c5cc(C(C)(C)C)cc6cc(C(C)(C)C)cc(c=4c1=C3c1cc(C(C)(C)C)cc(C(C)(C)C)c1)c65)[C@@H]1CC[C@H]2c2c1c(C(=O)OCC)n1c2C(c2cc(C(C)(C)C)cc(C(C)(C)C)c2)=c2c3c4cc(C(C)(C)C)cc5cc(C(C)(C)C)cc(c=3c(C(=O)OCC)[n+]2[B-]1(F)F)c54. The number of hydrogen-bond acceptors (Lipinski definition) is 8. The molecule has 0 saturated heterocycles. The first-order valence-corrected chi connectivity index (χ1v) is 41.9. The zero-order valence-electron chi connectivity index (χ0n) is 73.2. The van der Waals surface area contributed by atoms with Gasteiger partial charge in [0.1, 0.15) is 11.4 Å². The Hall–Kier alpha value is -9.57. The summed E-state index contributed by atoms with van der Waals surface area (Å²) < 4.78 is 113. The van der Waals surface area contributed by atoms with Gasteiger partial charge in [0.25, 0.3) is 11.4 Å². The summed E-state index contributed by atoms with van der Waals surface area (Å²) >= 11 is 0. The molecule has 606 valence electrons. The summed E-state index contributed by atoms with van der Waals surface area (Å²) in [6.07, 6.45) is 0.257. The van der Waals surface area contributed by atoms with Crippen molar-refractivity contribution in [3.05, 3.63) is 229 Å². The van der Waals surface area contributed by atoms with Gasteiger partial charge in [-0.05, 0) is 229 Å². The Bertz CT molecular complexity index is 6110. The Morgan fingerprint density at radius 2 is 0.586 bits per heavy atom. The molecule has 6 aromatic carbocycles. The summed E-state index contributed by atoms with van der Waals surface area (Å²) in [7, 11) is 0. The largest absolute Gasteiger partial charge is 0.738 e. The monoisotopic (exact) mass is 1570 g/mol. The van der Waals surface area contributed by atoms with Crippen LogP contribution in [0.2, 0.25) is 0 Å². The van der Waals surface area contributed by atoms with Gasteiger partial charge in [-0.25, -0.2) is 19.2 Å². The highest BCUT2D eigenvalue weighted by Crippen LogP contribution is 2.62. The molecule has 0 radical (unpaired) electrons. The van der Waals surface area contributed by atoms with Gasteiger partial charge in [0.05, 0.1) is 58.4 Å². The van der Waals surface area contributed by atoms with Gasteiger partial charge >= 0.3 is 37.8 Å². The van der Waals surface area contributed by atoms with Gasteiger partial charge in [-0.1, -0.05) is 227 Å². The minimum Gasteiger partial charge on any atom is -0.461 e. The van der Waals surface area contributed by atoms with Crippen LogP contribution in [0, 0.1) is 20.9 Å². The second kappa shape index (κ2) is 25.5. The molecule has 2 atom stereocenters. The molecule has 0 amide bonds. The van der Waals surface area contributed by atoms with E-state index in [1.165, 1.54) is 0 Å². The molecule has 9 aliphatic rings. The molecular weight excluding hydrogens is 1460 g/mol. The third-order valence-electron chi connectivity index (χ3n) is 25.7. The number of hydrogen-bond donors (Lipinski definition) is 0. The molecule has 5 aliphatic carbocycles. The number of aromatic nitrogens is 4. The van der Waals surface area contributed by atoms with E-state index in [0.717, 1.165) is 84.0 Å². The normalized spacial score (nSPS) is 16.9. The van der Waals surface area contributed by atoms with Gasteiger partial charge in [0.2, 0.25) is 0 Å². The van der Waals surface area contributed by atoms with Crippen LogP contribution in [-0.4, -0.2) is 73.2 Å². The van der Waals surface area contributed by atoms with E-state index < -0.39 is 104 Å². The van der Waals surface area contributed by atoms with Crippen molar-refractivity contribution in [2.75, 3.05) is 26.4 Å². The van der Waals surface area contributed by atoms with E-state index in [0.29, 0.717) is 43.1 Å². The molecule has 0 fully saturated rings. The molecule has 116 heavy (non-hydrogen) atoms. The summed E-state index contributed by atoms with van der Waals surface area (Å²) in [5.74, 6) is -6.57. The van der Waals surface area contributed by atoms with E-state index in [4.69, 9.17) is 18.9 Å². The van der Waals surface area contributed by atoms with Gasteiger partial charge in [-0.2, -0.15) is 0 Å². The fourth-order valence-corrected chi connectivity index (χ4v) is 19.8. The van der Waals surface area contributed by atoms with Crippen LogP contribution < -0.4 is 19.7 Å². The lowest BCUT2D eigenvalue weighted by molar-refractivity contribution is -0.585. The van der Waals surface area contributed by atoms with Crippen LogP contribution in [0.15, 0.2) is 84.9 Å². The Kier molecular flexibility index (Phi) is 17.6. The maximum Gasteiger partial charge on any atom is 0.738 e. The van der Waals surface area contributed by atoms with E-state index in [1.807, 2.05) is 36.4 Å². The summed E-state index contributed by atoms with van der Waals surface area (Å²) in [5.41, 5.74) is 3.40. The first-order valence-electron chi connectivity index (χ1n) is 41.9. The number of halogens is 4. The topological polar surface area (TPSA) is 123 Å². The minimum atomic E-state index is -5.50. The zero-order valence-corrected chi connectivity index (χ0v) is 73.2. The third-order valence-corrected chi connectivity index (χ3v) is 25.7. The van der Waals surface area contributed by atoms with E-state index in [1.54, 1.807) is 27.7 Å². The van der Waals surface area contributed by atoms with Crippen molar-refractivity contribution in [2.45, 2.75) is 262 Å². The second-order valence-corrected chi connectivity index (χ2v) is 41.8. The van der Waals surface area contributed by atoms with Crippen molar-refractivity contribution < 1.29 is 64.3 Å². The molecule has 2 bridgehead atoms. The molecular formula is C98H112B2F4N4O8. The zero-order chi connectivity index (χ0) is 84.5. The van der Waals surface area contributed by atoms with E-state index in [9.17, 15) is 0 Å². The number of benzene rings is 6. The Labute approximate surface area is 678 Å². The van der Waals surface area contributed by atoms with Crippen molar-refractivity contribution >= 4 is 92.1 Å². The highest BCUT2D eigenvalue weighted by molar-refractivity contribution is 6.57. The summed E-state index contributed by atoms with van der Waals surface area (Å²) in [4.78, 5) is 64.9. The van der Waals surface area contributed by atoms with Crippen molar-refractivity contribution in [1.82, 2.24) is 8.96 Å². The summed E-state index contributed by atoms with van der Waals surface area (Å²) in [6.45, 7) is 45.3. The molecule has 6 heterocycles. The first kappa shape index (κ1) is 80.2. The van der Waals surface area contributed by atoms with Crippen molar-refractivity contribution in [3.63, 3.8) is 0 Å². The van der Waals surface area contributed by atoms with Gasteiger partial charge in [0, 0.05) is 23.2 Å². The van der Waals surface area contributed by atoms with Gasteiger partial charge in [-0.3, -0.25) is 0 Å². The molecule has 0 unspecified atom stereocenters. The maximum absolute atomic E-state index is 21.1. The Balaban J connectivity index is 1.19. The first-order chi connectivity index (χ1) is 53.6. The average molecular weight is 1570 g/mol. The highest BCUT2D eigenvalue weighted by atomic mass is 19.3. The van der Waals surface area contributed by atoms with Crippen molar-refractivity contribution in [2.24, 2.45) is 0 Å². The highest BCUT2D eigenvalue weighted by Gasteiger charge is 2.63. The summed E-state index contributed by atoms with van der Waals surface area (Å²) in [5, 5.41) is 7.06. The molecule has 12 nitrogen and oxygen atoms in total. The maximum atomic E-state index is 21.1. The fraction of sp³-hybridized carbons (Fsp3) is 0.449. The quantitative estimate of drug-likeness (QED) is 0.0574. The number of carbonyl (C=O) groups excluding carboxylic acids is 4. The standard InChI is InChI=1S/C98H112B2F4N4O8/c1-29-113-87(109)83-73-61-33-34-62(71(73)79-69(51-39-53(91(5,6)7)43-54(40-51)92(8,9)10)81-75-63-45-57(95(17,18)19)35-49-37-59(97(23,24)25)47-65(67(49)63)77(75)85(89(111)115-31-3)107(81)99(101,102)105(79)83)74-72(61)80-70(52-41-55(93(11,12)13)44-56(42-52)94(14,15)16)82-76-64-46-58(96(20,21)22)36-50-38-60(98(26,27)28)48-66(68(50)64)78(76)86(90(112)116-32-4)108(82)100(103,104)106(80)84(74)88(110)114-30-2/h35-48,61-62H,29-34H2,1-28H3/t61-,62-/m0/s1. The van der Waals surface area contributed by atoms with Crippen LogP contribution in [0.5, 0.6) is 0 Å². The van der Waals surface area contributed by atoms with Gasteiger partial charge in [0.15, 0.2) is 10.7 Å². The summed E-state index contributed by atoms with van der Waals surface area (Å²) in [6, 6.07) is 29.4. The van der Waals surface area contributed by atoms with Crippen LogP contribution in [-0.2, 0) is 62.3 Å². The molecule has 18 heteroatoms. The average Bonchev–Trinajstić information content (AvgIpc) is 1.48. The Morgan fingerprint density at radius 3 is 0.836 bits per heavy atom. The number of rotatable bonds is 10. The minimum absolute atomic E-state index is 0.0188. The number of fused-ring (bicyclic) bond motifs is 11. The molecule has 2 aromatic heterocycles. The van der Waals surface area contributed by atoms with Crippen LogP contribution in [0.1, 0.15) is 350 Å². The Morgan fingerprint density at radius 1 is 0.345 bits per heavy atom. The molecule has 4 aliphatic heterocycles. The molecule has 0 saturated carbocycles. The van der Waals surface area contributed by atoms with Gasteiger partial charge in [-0.15, -0.1) is 0 Å². The number of ether oxygens (including phenoxy) is 4. The van der Waals surface area contributed by atoms with Crippen molar-refractivity contribution in [1.29, 1.82) is 0 Å². The predicted molar refractivity (Wildman–Crippen MR) is 456 cm³/mol. The van der Waals surface area contributed by atoms with Crippen molar-refractivity contribution in [3.8, 4) is 0 Å². The van der Waals surface area contributed by atoms with E-state index >= 15 is 36.4 Å².